The van der Waals surface area contributed by atoms with Gasteiger partial charge in [0.15, 0.2) is 0 Å². The molecule has 4 heteroatoms. The van der Waals surface area contributed by atoms with Crippen molar-refractivity contribution >= 4 is 11.8 Å². The molecule has 0 spiro atoms. The molecule has 0 amide bonds. The number of anilines is 1. The largest absolute Gasteiger partial charge is 0.478 e. The van der Waals surface area contributed by atoms with E-state index in [1.165, 1.54) is 32.1 Å². The van der Waals surface area contributed by atoms with Gasteiger partial charge in [0, 0.05) is 19.3 Å². The van der Waals surface area contributed by atoms with Crippen LogP contribution in [0.4, 0.5) is 5.82 Å². The summed E-state index contributed by atoms with van der Waals surface area (Å²) in [6.45, 7) is 2.79. The van der Waals surface area contributed by atoms with Crippen LogP contribution in [0.25, 0.3) is 0 Å². The number of hydrogen-bond donors (Lipinski definition) is 1. The average Bonchev–Trinajstić information content (AvgIpc) is 2.39. The lowest BCUT2D eigenvalue weighted by atomic mass is 9.89. The highest BCUT2D eigenvalue weighted by Gasteiger charge is 2.20. The minimum atomic E-state index is -0.905. The van der Waals surface area contributed by atoms with Gasteiger partial charge in [-0.2, -0.15) is 0 Å². The van der Waals surface area contributed by atoms with Gasteiger partial charge in [-0.1, -0.05) is 19.3 Å². The molecular formula is C15H22N2O2. The molecule has 2 rings (SSSR count). The van der Waals surface area contributed by atoms with Crippen molar-refractivity contribution in [3.63, 3.8) is 0 Å². The highest BCUT2D eigenvalue weighted by atomic mass is 16.4. The topological polar surface area (TPSA) is 53.4 Å². The Bertz CT molecular complexity index is 453. The highest BCUT2D eigenvalue weighted by Crippen LogP contribution is 2.26. The molecule has 1 saturated carbocycles. The van der Waals surface area contributed by atoms with Gasteiger partial charge < -0.3 is 10.0 Å². The van der Waals surface area contributed by atoms with Crippen molar-refractivity contribution in [2.45, 2.75) is 39.0 Å². The van der Waals surface area contributed by atoms with Crippen molar-refractivity contribution in [3.8, 4) is 0 Å². The fourth-order valence-electron chi connectivity index (χ4n) is 2.84. The molecule has 1 fully saturated rings. The van der Waals surface area contributed by atoms with Crippen LogP contribution in [0.15, 0.2) is 12.1 Å². The lowest BCUT2D eigenvalue weighted by molar-refractivity contribution is 0.0697. The molecule has 0 radical (unpaired) electrons. The fraction of sp³-hybridized carbons (Fsp3) is 0.600. The summed E-state index contributed by atoms with van der Waals surface area (Å²) in [6, 6.07) is 3.40. The molecule has 0 aliphatic heterocycles. The summed E-state index contributed by atoms with van der Waals surface area (Å²) in [5.41, 5.74) is 1.15. The molecule has 0 bridgehead atoms. The number of pyridine rings is 1. The van der Waals surface area contributed by atoms with Gasteiger partial charge in [0.2, 0.25) is 0 Å². The molecular weight excluding hydrogens is 240 g/mol. The molecule has 1 aliphatic rings. The van der Waals surface area contributed by atoms with Crippen molar-refractivity contribution in [2.75, 3.05) is 18.5 Å². The molecule has 104 valence electrons. The van der Waals surface area contributed by atoms with Crippen LogP contribution in [0, 0.1) is 12.8 Å². The second-order valence-corrected chi connectivity index (χ2v) is 5.51. The van der Waals surface area contributed by atoms with E-state index in [4.69, 9.17) is 0 Å². The highest BCUT2D eigenvalue weighted by molar-refractivity contribution is 5.93. The molecule has 19 heavy (non-hydrogen) atoms. The van der Waals surface area contributed by atoms with Crippen LogP contribution in [-0.2, 0) is 0 Å². The zero-order valence-electron chi connectivity index (χ0n) is 11.7. The number of carboxylic acids is 1. The first-order chi connectivity index (χ1) is 9.08. The average molecular weight is 262 g/mol. The van der Waals surface area contributed by atoms with Crippen LogP contribution < -0.4 is 4.90 Å². The van der Waals surface area contributed by atoms with Crippen LogP contribution in [0.1, 0.15) is 48.2 Å². The van der Waals surface area contributed by atoms with Crippen molar-refractivity contribution in [1.29, 1.82) is 0 Å². The SMILES string of the molecule is Cc1ccc(C(=O)O)c(N(C)CC2CCCCC2)n1. The quantitative estimate of drug-likeness (QED) is 0.906. The van der Waals surface area contributed by atoms with E-state index >= 15 is 0 Å². The van der Waals surface area contributed by atoms with E-state index in [-0.39, 0.29) is 0 Å². The smallest absolute Gasteiger partial charge is 0.339 e. The minimum Gasteiger partial charge on any atom is -0.478 e. The molecule has 1 N–H and O–H groups in total. The molecule has 1 heterocycles. The number of rotatable bonds is 4. The number of nitrogens with zero attached hydrogens (tertiary/aromatic N) is 2. The van der Waals surface area contributed by atoms with E-state index in [2.05, 4.69) is 4.98 Å². The molecule has 0 unspecified atom stereocenters. The summed E-state index contributed by atoms with van der Waals surface area (Å²) in [6.07, 6.45) is 6.43. The van der Waals surface area contributed by atoms with Gasteiger partial charge >= 0.3 is 5.97 Å². The number of carbonyl (C=O) groups is 1. The Labute approximate surface area is 114 Å². The van der Waals surface area contributed by atoms with Gasteiger partial charge in [0.25, 0.3) is 0 Å². The number of aromatic carboxylic acids is 1. The third kappa shape index (κ3) is 3.46. The fourth-order valence-corrected chi connectivity index (χ4v) is 2.84. The van der Waals surface area contributed by atoms with Gasteiger partial charge in [-0.15, -0.1) is 0 Å². The standard InChI is InChI=1S/C15H22N2O2/c1-11-8-9-13(15(18)19)14(16-11)17(2)10-12-6-4-3-5-7-12/h8-9,12H,3-7,10H2,1-2H3,(H,18,19). The summed E-state index contributed by atoms with van der Waals surface area (Å²) >= 11 is 0. The summed E-state index contributed by atoms with van der Waals surface area (Å²) < 4.78 is 0. The minimum absolute atomic E-state index is 0.295. The summed E-state index contributed by atoms with van der Waals surface area (Å²) in [5.74, 6) is 0.360. The van der Waals surface area contributed by atoms with Gasteiger partial charge in [0.05, 0.1) is 0 Å². The second-order valence-electron chi connectivity index (χ2n) is 5.51. The van der Waals surface area contributed by atoms with Gasteiger partial charge in [-0.3, -0.25) is 0 Å². The molecule has 1 aromatic rings. The van der Waals surface area contributed by atoms with Crippen LogP contribution >= 0.6 is 0 Å². The molecule has 1 aromatic heterocycles. The molecule has 0 saturated heterocycles. The summed E-state index contributed by atoms with van der Waals surface area (Å²) in [4.78, 5) is 17.7. The van der Waals surface area contributed by atoms with E-state index < -0.39 is 5.97 Å². The first-order valence-corrected chi connectivity index (χ1v) is 7.00. The predicted octanol–water partition coefficient (Wildman–Crippen LogP) is 3.10. The van der Waals surface area contributed by atoms with Crippen molar-refractivity contribution < 1.29 is 9.90 Å². The first kappa shape index (κ1) is 13.8. The third-order valence-electron chi connectivity index (χ3n) is 3.86. The van der Waals surface area contributed by atoms with Crippen molar-refractivity contribution in [1.82, 2.24) is 4.98 Å². The Morgan fingerprint density at radius 3 is 2.68 bits per heavy atom. The van der Waals surface area contributed by atoms with Crippen LogP contribution in [0.2, 0.25) is 0 Å². The lowest BCUT2D eigenvalue weighted by Crippen LogP contribution is -2.29. The lowest BCUT2D eigenvalue weighted by Gasteiger charge is -2.28. The summed E-state index contributed by atoms with van der Waals surface area (Å²) in [5, 5.41) is 9.24. The van der Waals surface area contributed by atoms with E-state index in [1.54, 1.807) is 12.1 Å². The Hall–Kier alpha value is -1.58. The van der Waals surface area contributed by atoms with Gasteiger partial charge in [-0.25, -0.2) is 9.78 Å². The van der Waals surface area contributed by atoms with Crippen LogP contribution in [0.3, 0.4) is 0 Å². The third-order valence-corrected chi connectivity index (χ3v) is 3.86. The zero-order valence-corrected chi connectivity index (χ0v) is 11.7. The number of aryl methyl sites for hydroxylation is 1. The van der Waals surface area contributed by atoms with Crippen LogP contribution in [0.5, 0.6) is 0 Å². The Balaban J connectivity index is 2.14. The Morgan fingerprint density at radius 2 is 2.05 bits per heavy atom. The predicted molar refractivity (Wildman–Crippen MR) is 75.8 cm³/mol. The maximum atomic E-state index is 11.3. The van der Waals surface area contributed by atoms with Crippen LogP contribution in [-0.4, -0.2) is 29.7 Å². The molecule has 0 atom stereocenters. The Kier molecular flexibility index (Phi) is 4.40. The maximum absolute atomic E-state index is 11.3. The van der Waals surface area contributed by atoms with Gasteiger partial charge in [-0.05, 0) is 37.8 Å². The van der Waals surface area contributed by atoms with E-state index in [0.717, 1.165) is 12.2 Å². The zero-order chi connectivity index (χ0) is 13.8. The normalized spacial score (nSPS) is 16.3. The summed E-state index contributed by atoms with van der Waals surface area (Å²) in [7, 11) is 1.95. The second kappa shape index (κ2) is 6.04. The first-order valence-electron chi connectivity index (χ1n) is 7.00. The molecule has 4 nitrogen and oxygen atoms in total. The van der Waals surface area contributed by atoms with E-state index in [0.29, 0.717) is 17.3 Å². The van der Waals surface area contributed by atoms with E-state index in [1.807, 2.05) is 18.9 Å². The number of carboxylic acid groups (broad SMARTS) is 1. The van der Waals surface area contributed by atoms with Crippen molar-refractivity contribution in [2.24, 2.45) is 5.92 Å². The Morgan fingerprint density at radius 1 is 1.37 bits per heavy atom. The molecule has 1 aliphatic carbocycles. The number of aromatic nitrogens is 1. The maximum Gasteiger partial charge on any atom is 0.339 e. The molecule has 0 aromatic carbocycles. The number of hydrogen-bond acceptors (Lipinski definition) is 3. The van der Waals surface area contributed by atoms with E-state index in [9.17, 15) is 9.90 Å². The monoisotopic (exact) mass is 262 g/mol. The van der Waals surface area contributed by atoms with Crippen molar-refractivity contribution in [3.05, 3.63) is 23.4 Å². The van der Waals surface area contributed by atoms with Gasteiger partial charge in [0.1, 0.15) is 11.4 Å².